The summed E-state index contributed by atoms with van der Waals surface area (Å²) in [5, 5.41) is 14.7. The lowest BCUT2D eigenvalue weighted by molar-refractivity contribution is 0.414. The monoisotopic (exact) mass is 363 g/mol. The molecular formula is C21H25N5O. The number of aromatic nitrogens is 3. The van der Waals surface area contributed by atoms with Gasteiger partial charge in [-0.15, -0.1) is 5.10 Å². The number of hydrogen-bond acceptors (Lipinski definition) is 6. The molecule has 0 aliphatic heterocycles. The van der Waals surface area contributed by atoms with E-state index in [2.05, 4.69) is 51.8 Å². The fourth-order valence-electron chi connectivity index (χ4n) is 2.84. The molecule has 3 rings (SSSR count). The number of methoxy groups -OCH3 is 1. The normalized spacial score (nSPS) is 10.7. The molecule has 27 heavy (non-hydrogen) atoms. The zero-order valence-corrected chi connectivity index (χ0v) is 15.9. The average Bonchev–Trinajstić information content (AvgIpc) is 2.69. The fraction of sp³-hybridized carbons (Fsp3) is 0.286. The van der Waals surface area contributed by atoms with Crippen LogP contribution in [0.15, 0.2) is 54.7 Å². The number of para-hydroxylation sites is 1. The van der Waals surface area contributed by atoms with E-state index in [-0.39, 0.29) is 0 Å². The van der Waals surface area contributed by atoms with E-state index >= 15 is 0 Å². The summed E-state index contributed by atoms with van der Waals surface area (Å²) in [7, 11) is 1.68. The average molecular weight is 363 g/mol. The van der Waals surface area contributed by atoms with Crippen molar-refractivity contribution in [1.29, 1.82) is 0 Å². The Morgan fingerprint density at radius 2 is 1.93 bits per heavy atom. The van der Waals surface area contributed by atoms with Gasteiger partial charge in [0.15, 0.2) is 5.82 Å². The lowest BCUT2D eigenvalue weighted by atomic mass is 10.0. The fourth-order valence-corrected chi connectivity index (χ4v) is 2.84. The first-order chi connectivity index (χ1) is 13.2. The highest BCUT2D eigenvalue weighted by Crippen LogP contribution is 2.25. The second-order valence-electron chi connectivity index (χ2n) is 6.56. The van der Waals surface area contributed by atoms with Gasteiger partial charge >= 0.3 is 0 Å². The van der Waals surface area contributed by atoms with E-state index in [0.717, 1.165) is 24.4 Å². The van der Waals surface area contributed by atoms with Crippen LogP contribution in [0.25, 0.3) is 0 Å². The highest BCUT2D eigenvalue weighted by Gasteiger charge is 2.08. The molecule has 0 fully saturated rings. The number of benzene rings is 2. The Morgan fingerprint density at radius 1 is 1.07 bits per heavy atom. The molecule has 0 aliphatic rings. The molecule has 0 bridgehead atoms. The molecule has 2 N–H and O–H groups in total. The van der Waals surface area contributed by atoms with Crippen LogP contribution in [-0.2, 0) is 6.42 Å². The van der Waals surface area contributed by atoms with Crippen LogP contribution in [0, 0.1) is 0 Å². The molecule has 0 unspecified atom stereocenters. The van der Waals surface area contributed by atoms with E-state index in [4.69, 9.17) is 4.74 Å². The van der Waals surface area contributed by atoms with E-state index in [0.29, 0.717) is 17.7 Å². The molecule has 0 aliphatic carbocycles. The number of ether oxygens (including phenoxy) is 1. The van der Waals surface area contributed by atoms with Crippen molar-refractivity contribution >= 4 is 17.5 Å². The third-order valence-corrected chi connectivity index (χ3v) is 4.24. The summed E-state index contributed by atoms with van der Waals surface area (Å²) >= 11 is 0. The summed E-state index contributed by atoms with van der Waals surface area (Å²) in [5.74, 6) is 2.45. The molecular weight excluding hydrogens is 338 g/mol. The maximum absolute atomic E-state index is 5.26. The first-order valence-corrected chi connectivity index (χ1v) is 9.08. The van der Waals surface area contributed by atoms with Gasteiger partial charge in [0, 0.05) is 12.2 Å². The van der Waals surface area contributed by atoms with Crippen LogP contribution in [-0.4, -0.2) is 28.8 Å². The van der Waals surface area contributed by atoms with Crippen LogP contribution in [0.4, 0.5) is 17.5 Å². The predicted molar refractivity (Wildman–Crippen MR) is 109 cm³/mol. The Hall–Kier alpha value is -3.15. The minimum absolute atomic E-state index is 0.408. The summed E-state index contributed by atoms with van der Waals surface area (Å²) in [6.07, 6.45) is 2.49. The summed E-state index contributed by atoms with van der Waals surface area (Å²) in [4.78, 5) is 4.51. The first-order valence-electron chi connectivity index (χ1n) is 9.08. The van der Waals surface area contributed by atoms with Gasteiger partial charge in [-0.3, -0.25) is 0 Å². The van der Waals surface area contributed by atoms with E-state index in [1.807, 2.05) is 36.4 Å². The third kappa shape index (κ3) is 5.17. The second-order valence-corrected chi connectivity index (χ2v) is 6.56. The molecule has 2 aromatic carbocycles. The molecule has 6 nitrogen and oxygen atoms in total. The van der Waals surface area contributed by atoms with Gasteiger partial charge in [0.1, 0.15) is 5.75 Å². The minimum Gasteiger partial charge on any atom is -0.497 e. The molecule has 140 valence electrons. The van der Waals surface area contributed by atoms with Gasteiger partial charge < -0.3 is 15.4 Å². The predicted octanol–water partition coefficient (Wildman–Crippen LogP) is 4.40. The maximum Gasteiger partial charge on any atom is 0.249 e. The maximum atomic E-state index is 5.26. The van der Waals surface area contributed by atoms with Crippen molar-refractivity contribution in [2.45, 2.75) is 26.2 Å². The largest absolute Gasteiger partial charge is 0.497 e. The second kappa shape index (κ2) is 8.98. The first kappa shape index (κ1) is 18.6. The SMILES string of the molecule is COc1cccc(CCNc2cnnc(Nc3ccccc3C(C)C)n2)c1. The van der Waals surface area contributed by atoms with Gasteiger partial charge in [-0.25, -0.2) is 0 Å². The van der Waals surface area contributed by atoms with Gasteiger partial charge in [-0.2, -0.15) is 10.1 Å². The van der Waals surface area contributed by atoms with E-state index in [1.54, 1.807) is 13.3 Å². The number of nitrogens with zero attached hydrogens (tertiary/aromatic N) is 3. The zero-order chi connectivity index (χ0) is 19.1. The molecule has 1 heterocycles. The van der Waals surface area contributed by atoms with Crippen molar-refractivity contribution in [2.24, 2.45) is 0 Å². The highest BCUT2D eigenvalue weighted by atomic mass is 16.5. The summed E-state index contributed by atoms with van der Waals surface area (Å²) in [6, 6.07) is 16.2. The van der Waals surface area contributed by atoms with Crippen molar-refractivity contribution in [1.82, 2.24) is 15.2 Å². The van der Waals surface area contributed by atoms with Gasteiger partial charge in [0.05, 0.1) is 13.3 Å². The summed E-state index contributed by atoms with van der Waals surface area (Å²) < 4.78 is 5.26. The number of nitrogens with one attached hydrogen (secondary N) is 2. The quantitative estimate of drug-likeness (QED) is 0.618. The Kier molecular flexibility index (Phi) is 6.20. The van der Waals surface area contributed by atoms with Crippen LogP contribution in [0.2, 0.25) is 0 Å². The number of hydrogen-bond donors (Lipinski definition) is 2. The van der Waals surface area contributed by atoms with Crippen molar-refractivity contribution in [3.05, 3.63) is 65.9 Å². The van der Waals surface area contributed by atoms with Gasteiger partial charge in [0.2, 0.25) is 5.95 Å². The number of rotatable bonds is 8. The van der Waals surface area contributed by atoms with E-state index < -0.39 is 0 Å². The Balaban J connectivity index is 1.62. The van der Waals surface area contributed by atoms with Crippen LogP contribution in [0.1, 0.15) is 30.9 Å². The molecule has 1 aromatic heterocycles. The van der Waals surface area contributed by atoms with Gasteiger partial charge in [-0.1, -0.05) is 44.2 Å². The summed E-state index contributed by atoms with van der Waals surface area (Å²) in [6.45, 7) is 5.07. The van der Waals surface area contributed by atoms with Crippen LogP contribution in [0.5, 0.6) is 5.75 Å². The van der Waals surface area contributed by atoms with Crippen LogP contribution in [0.3, 0.4) is 0 Å². The van der Waals surface area contributed by atoms with Crippen LogP contribution >= 0.6 is 0 Å². The number of anilines is 3. The Labute approximate surface area is 160 Å². The van der Waals surface area contributed by atoms with Gasteiger partial charge in [0.25, 0.3) is 0 Å². The molecule has 0 saturated heterocycles. The molecule has 0 atom stereocenters. The van der Waals surface area contributed by atoms with Gasteiger partial charge in [-0.05, 0) is 41.7 Å². The van der Waals surface area contributed by atoms with Crippen molar-refractivity contribution < 1.29 is 4.74 Å². The molecule has 3 aromatic rings. The minimum atomic E-state index is 0.408. The van der Waals surface area contributed by atoms with E-state index in [9.17, 15) is 0 Å². The highest BCUT2D eigenvalue weighted by molar-refractivity contribution is 5.59. The van der Waals surface area contributed by atoms with Crippen molar-refractivity contribution in [3.63, 3.8) is 0 Å². The van der Waals surface area contributed by atoms with Crippen LogP contribution < -0.4 is 15.4 Å². The molecule has 0 amide bonds. The van der Waals surface area contributed by atoms with Crippen molar-refractivity contribution in [2.75, 3.05) is 24.3 Å². The molecule has 6 heteroatoms. The van der Waals surface area contributed by atoms with Crippen molar-refractivity contribution in [3.8, 4) is 5.75 Å². The topological polar surface area (TPSA) is 72.0 Å². The Morgan fingerprint density at radius 3 is 2.74 bits per heavy atom. The smallest absolute Gasteiger partial charge is 0.249 e. The third-order valence-electron chi connectivity index (χ3n) is 4.24. The zero-order valence-electron chi connectivity index (χ0n) is 15.9. The van der Waals surface area contributed by atoms with E-state index in [1.165, 1.54) is 11.1 Å². The lowest BCUT2D eigenvalue weighted by Crippen LogP contribution is -2.09. The molecule has 0 saturated carbocycles. The molecule has 0 radical (unpaired) electrons. The molecule has 0 spiro atoms. The standard InChI is InChI=1S/C21H25N5O/c1-15(2)18-9-4-5-10-19(18)24-21-25-20(14-23-26-21)22-12-11-16-7-6-8-17(13-16)27-3/h4-10,13-15H,11-12H2,1-3H3,(H2,22,24,25,26). The lowest BCUT2D eigenvalue weighted by Gasteiger charge is -2.13. The Bertz CT molecular complexity index is 882. The summed E-state index contributed by atoms with van der Waals surface area (Å²) in [5.41, 5.74) is 3.42.